The van der Waals surface area contributed by atoms with Crippen LogP contribution in [0.2, 0.25) is 0 Å². The van der Waals surface area contributed by atoms with E-state index in [-0.39, 0.29) is 5.91 Å². The summed E-state index contributed by atoms with van der Waals surface area (Å²) in [5, 5.41) is 5.91. The normalized spacial score (nSPS) is 10.2. The number of nitrogens with zero attached hydrogens (tertiary/aromatic N) is 2. The number of hydrogen-bond acceptors (Lipinski definition) is 6. The van der Waals surface area contributed by atoms with Gasteiger partial charge in [0.25, 0.3) is 5.91 Å². The van der Waals surface area contributed by atoms with Gasteiger partial charge in [0.1, 0.15) is 11.5 Å². The number of benzene rings is 2. The van der Waals surface area contributed by atoms with Gasteiger partial charge in [-0.15, -0.1) is 0 Å². The van der Waals surface area contributed by atoms with Crippen molar-refractivity contribution in [3.63, 3.8) is 0 Å². The summed E-state index contributed by atoms with van der Waals surface area (Å²) in [6, 6.07) is 13.0. The van der Waals surface area contributed by atoms with Crippen molar-refractivity contribution in [2.45, 2.75) is 13.8 Å². The fraction of sp³-hybridized carbons (Fsp3) is 0.190. The summed E-state index contributed by atoms with van der Waals surface area (Å²) in [5.41, 5.74) is 2.79. The summed E-state index contributed by atoms with van der Waals surface area (Å²) >= 11 is 0. The summed E-state index contributed by atoms with van der Waals surface area (Å²) in [5.74, 6) is 1.48. The lowest BCUT2D eigenvalue weighted by Crippen LogP contribution is -2.14. The van der Waals surface area contributed by atoms with Crippen LogP contribution in [0.4, 0.5) is 17.3 Å². The number of rotatable bonds is 7. The Hall–Kier alpha value is -3.61. The van der Waals surface area contributed by atoms with E-state index in [9.17, 15) is 4.79 Å². The van der Waals surface area contributed by atoms with E-state index in [1.807, 2.05) is 56.3 Å². The number of ether oxygens (including phenoxy) is 2. The van der Waals surface area contributed by atoms with Gasteiger partial charge in [0.2, 0.25) is 5.95 Å². The molecule has 7 heteroatoms. The average molecular weight is 378 g/mol. The first-order chi connectivity index (χ1) is 13.6. The molecule has 0 atom stereocenters. The van der Waals surface area contributed by atoms with Gasteiger partial charge in [0.15, 0.2) is 0 Å². The zero-order chi connectivity index (χ0) is 19.9. The molecule has 7 nitrogen and oxygen atoms in total. The quantitative estimate of drug-likeness (QED) is 0.641. The van der Waals surface area contributed by atoms with Gasteiger partial charge in [-0.25, -0.2) is 9.97 Å². The third-order valence-corrected chi connectivity index (χ3v) is 3.94. The van der Waals surface area contributed by atoms with Crippen LogP contribution in [-0.4, -0.2) is 29.6 Å². The van der Waals surface area contributed by atoms with Crippen molar-refractivity contribution in [1.29, 1.82) is 0 Å². The van der Waals surface area contributed by atoms with Gasteiger partial charge in [0.05, 0.1) is 25.0 Å². The maximum Gasteiger partial charge on any atom is 0.258 e. The van der Waals surface area contributed by atoms with Crippen LogP contribution in [0.1, 0.15) is 22.8 Å². The Morgan fingerprint density at radius 2 is 1.79 bits per heavy atom. The lowest BCUT2D eigenvalue weighted by Gasteiger charge is -2.11. The number of hydrogen-bond donors (Lipinski definition) is 2. The average Bonchev–Trinajstić information content (AvgIpc) is 2.70. The Kier molecular flexibility index (Phi) is 6.06. The highest BCUT2D eigenvalue weighted by Crippen LogP contribution is 2.25. The minimum Gasteiger partial charge on any atom is -0.495 e. The predicted octanol–water partition coefficient (Wildman–Crippen LogP) is 4.19. The highest BCUT2D eigenvalue weighted by Gasteiger charge is 2.11. The number of methoxy groups -OCH3 is 1. The van der Waals surface area contributed by atoms with Crippen LogP contribution >= 0.6 is 0 Å². The highest BCUT2D eigenvalue weighted by atomic mass is 16.5. The van der Waals surface area contributed by atoms with Crippen molar-refractivity contribution < 1.29 is 14.3 Å². The molecule has 1 aromatic heterocycles. The molecule has 0 radical (unpaired) electrons. The van der Waals surface area contributed by atoms with Gasteiger partial charge in [-0.1, -0.05) is 6.07 Å². The number of carbonyl (C=O) groups excluding carboxylic acids is 1. The molecular weight excluding hydrogens is 356 g/mol. The van der Waals surface area contributed by atoms with Gasteiger partial charge in [0, 0.05) is 18.1 Å². The standard InChI is InChI=1S/C21H22N4O3/c1-4-28-17-8-6-16(7-9-17)24-21-22-12-15(13-23-21)20(26)25-18-11-14(2)5-10-19(18)27-3/h5-13H,4H2,1-3H3,(H,25,26)(H,22,23,24). The van der Waals surface area contributed by atoms with E-state index in [4.69, 9.17) is 9.47 Å². The van der Waals surface area contributed by atoms with Crippen LogP contribution in [-0.2, 0) is 0 Å². The maximum absolute atomic E-state index is 12.5. The van der Waals surface area contributed by atoms with Crippen LogP contribution in [0.15, 0.2) is 54.9 Å². The van der Waals surface area contributed by atoms with Crippen LogP contribution < -0.4 is 20.1 Å². The van der Waals surface area contributed by atoms with Crippen LogP contribution in [0.25, 0.3) is 0 Å². The molecule has 144 valence electrons. The molecule has 0 aliphatic rings. The van der Waals surface area contributed by atoms with E-state index in [2.05, 4.69) is 20.6 Å². The van der Waals surface area contributed by atoms with E-state index in [0.29, 0.717) is 29.6 Å². The molecule has 1 heterocycles. The molecule has 0 saturated heterocycles. The molecule has 28 heavy (non-hydrogen) atoms. The summed E-state index contributed by atoms with van der Waals surface area (Å²) in [6.45, 7) is 4.50. The summed E-state index contributed by atoms with van der Waals surface area (Å²) < 4.78 is 10.7. The second kappa shape index (κ2) is 8.85. The third-order valence-electron chi connectivity index (χ3n) is 3.94. The molecule has 3 aromatic rings. The molecule has 0 fully saturated rings. The second-order valence-electron chi connectivity index (χ2n) is 6.04. The van der Waals surface area contributed by atoms with Crippen LogP contribution in [0, 0.1) is 6.92 Å². The minimum atomic E-state index is -0.309. The highest BCUT2D eigenvalue weighted by molar-refractivity contribution is 6.04. The van der Waals surface area contributed by atoms with Crippen LogP contribution in [0.5, 0.6) is 11.5 Å². The van der Waals surface area contributed by atoms with E-state index in [0.717, 1.165) is 17.0 Å². The van der Waals surface area contributed by atoms with Crippen molar-refractivity contribution in [1.82, 2.24) is 9.97 Å². The first-order valence-electron chi connectivity index (χ1n) is 8.87. The van der Waals surface area contributed by atoms with Crippen molar-refractivity contribution in [3.8, 4) is 11.5 Å². The van der Waals surface area contributed by atoms with Gasteiger partial charge in [-0.2, -0.15) is 0 Å². The molecule has 2 N–H and O–H groups in total. The van der Waals surface area contributed by atoms with E-state index < -0.39 is 0 Å². The number of carbonyl (C=O) groups is 1. The molecule has 0 aliphatic heterocycles. The molecule has 0 unspecified atom stereocenters. The second-order valence-corrected chi connectivity index (χ2v) is 6.04. The lowest BCUT2D eigenvalue weighted by atomic mass is 10.2. The number of amides is 1. The molecule has 3 rings (SSSR count). The SMILES string of the molecule is CCOc1ccc(Nc2ncc(C(=O)Nc3cc(C)ccc3OC)cn2)cc1. The fourth-order valence-corrected chi connectivity index (χ4v) is 2.55. The Bertz CT molecular complexity index is 941. The molecule has 0 bridgehead atoms. The fourth-order valence-electron chi connectivity index (χ4n) is 2.55. The number of anilines is 3. The number of nitrogens with one attached hydrogen (secondary N) is 2. The summed E-state index contributed by atoms with van der Waals surface area (Å²) in [6.07, 6.45) is 2.95. The molecule has 2 aromatic carbocycles. The molecule has 0 saturated carbocycles. The monoisotopic (exact) mass is 378 g/mol. The molecule has 0 spiro atoms. The van der Waals surface area contributed by atoms with Gasteiger partial charge in [-0.3, -0.25) is 4.79 Å². The van der Waals surface area contributed by atoms with Gasteiger partial charge in [-0.05, 0) is 55.8 Å². The Labute approximate surface area is 163 Å². The Morgan fingerprint density at radius 3 is 2.43 bits per heavy atom. The first kappa shape index (κ1) is 19.2. The van der Waals surface area contributed by atoms with E-state index >= 15 is 0 Å². The number of aryl methyl sites for hydroxylation is 1. The smallest absolute Gasteiger partial charge is 0.258 e. The van der Waals surface area contributed by atoms with E-state index in [1.54, 1.807) is 7.11 Å². The molecule has 0 aliphatic carbocycles. The summed E-state index contributed by atoms with van der Waals surface area (Å²) in [7, 11) is 1.56. The van der Waals surface area contributed by atoms with Crippen molar-refractivity contribution in [3.05, 3.63) is 66.0 Å². The lowest BCUT2D eigenvalue weighted by molar-refractivity contribution is 0.102. The minimum absolute atomic E-state index is 0.309. The van der Waals surface area contributed by atoms with Gasteiger partial charge >= 0.3 is 0 Å². The van der Waals surface area contributed by atoms with Crippen LogP contribution in [0.3, 0.4) is 0 Å². The largest absolute Gasteiger partial charge is 0.495 e. The topological polar surface area (TPSA) is 85.4 Å². The van der Waals surface area contributed by atoms with Crippen molar-refractivity contribution in [2.75, 3.05) is 24.4 Å². The van der Waals surface area contributed by atoms with Gasteiger partial charge < -0.3 is 20.1 Å². The van der Waals surface area contributed by atoms with Crippen molar-refractivity contribution in [2.24, 2.45) is 0 Å². The third kappa shape index (κ3) is 4.76. The Balaban J connectivity index is 1.66. The Morgan fingerprint density at radius 1 is 1.07 bits per heavy atom. The van der Waals surface area contributed by atoms with Crippen molar-refractivity contribution >= 4 is 23.2 Å². The van der Waals surface area contributed by atoms with E-state index in [1.165, 1.54) is 12.4 Å². The predicted molar refractivity (Wildman–Crippen MR) is 109 cm³/mol. The maximum atomic E-state index is 12.5. The first-order valence-corrected chi connectivity index (χ1v) is 8.87. The summed E-state index contributed by atoms with van der Waals surface area (Å²) in [4.78, 5) is 20.9. The number of aromatic nitrogens is 2. The molecular formula is C21H22N4O3. The molecule has 1 amide bonds. The zero-order valence-corrected chi connectivity index (χ0v) is 16.0. The zero-order valence-electron chi connectivity index (χ0n) is 16.0.